The molecule has 0 bridgehead atoms. The van der Waals surface area contributed by atoms with Gasteiger partial charge < -0.3 is 10.2 Å². The van der Waals surface area contributed by atoms with Crippen LogP contribution < -0.4 is 5.01 Å². The third-order valence-corrected chi connectivity index (χ3v) is 6.09. The van der Waals surface area contributed by atoms with Gasteiger partial charge in [0.05, 0.1) is 11.3 Å². The number of anilines is 2. The highest BCUT2D eigenvalue weighted by molar-refractivity contribution is 5.63. The largest absolute Gasteiger partial charge is 0.384 e. The zero-order valence-electron chi connectivity index (χ0n) is 15.8. The van der Waals surface area contributed by atoms with Crippen molar-refractivity contribution in [3.63, 3.8) is 0 Å². The Bertz CT molecular complexity index is 900. The van der Waals surface area contributed by atoms with Crippen molar-refractivity contribution in [1.29, 1.82) is 0 Å². The predicted molar refractivity (Wildman–Crippen MR) is 100 cm³/mol. The van der Waals surface area contributed by atoms with Crippen LogP contribution in [0.1, 0.15) is 61.5 Å². The number of nitrogens with zero attached hydrogens (tertiary/aromatic N) is 5. The summed E-state index contributed by atoms with van der Waals surface area (Å²) in [6.07, 6.45) is 5.50. The summed E-state index contributed by atoms with van der Waals surface area (Å²) in [5.41, 5.74) is 1.71. The average molecular weight is 367 g/mol. The van der Waals surface area contributed by atoms with E-state index >= 15 is 0 Å². The Hall–Kier alpha value is -2.09. The Balaban J connectivity index is 1.62. The van der Waals surface area contributed by atoms with Gasteiger partial charge in [-0.05, 0) is 56.6 Å². The molecule has 7 nitrogen and oxygen atoms in total. The van der Waals surface area contributed by atoms with Gasteiger partial charge in [-0.3, -0.25) is 0 Å². The number of aliphatic hydroxyl groups is 2. The fourth-order valence-electron chi connectivity index (χ4n) is 4.20. The van der Waals surface area contributed by atoms with Crippen LogP contribution >= 0.6 is 0 Å². The molecule has 2 aromatic rings. The van der Waals surface area contributed by atoms with Crippen LogP contribution in [0.4, 0.5) is 11.6 Å². The summed E-state index contributed by atoms with van der Waals surface area (Å²) >= 11 is 0. The number of hydrogen-bond acceptors (Lipinski definition) is 7. The van der Waals surface area contributed by atoms with Crippen molar-refractivity contribution >= 4 is 11.6 Å². The minimum Gasteiger partial charge on any atom is -0.384 e. The van der Waals surface area contributed by atoms with Crippen molar-refractivity contribution in [1.82, 2.24) is 20.0 Å². The van der Waals surface area contributed by atoms with Crippen molar-refractivity contribution in [2.24, 2.45) is 5.92 Å². The van der Waals surface area contributed by atoms with Crippen LogP contribution in [0.2, 0.25) is 0 Å². The molecule has 5 rings (SSSR count). The summed E-state index contributed by atoms with van der Waals surface area (Å²) in [6, 6.07) is 4.03. The molecule has 1 aliphatic heterocycles. The second-order valence-electron chi connectivity index (χ2n) is 8.01. The molecule has 3 aliphatic rings. The van der Waals surface area contributed by atoms with Gasteiger partial charge in [-0.1, -0.05) is 13.0 Å². The van der Waals surface area contributed by atoms with Crippen LogP contribution in [0.15, 0.2) is 18.3 Å². The molecular formula is C20H25N5O2. The molecule has 1 saturated carbocycles. The second-order valence-corrected chi connectivity index (χ2v) is 8.01. The highest BCUT2D eigenvalue weighted by Gasteiger charge is 2.43. The Morgan fingerprint density at radius 2 is 2.07 bits per heavy atom. The summed E-state index contributed by atoms with van der Waals surface area (Å²) in [5.74, 6) is 2.62. The molecule has 1 unspecified atom stereocenters. The lowest BCUT2D eigenvalue weighted by atomic mass is 9.98. The number of aliphatic hydroxyl groups excluding tert-OH is 1. The van der Waals surface area contributed by atoms with Crippen molar-refractivity contribution in [3.8, 4) is 0 Å². The first kappa shape index (κ1) is 17.0. The zero-order valence-corrected chi connectivity index (χ0v) is 15.8. The maximum absolute atomic E-state index is 11.0. The zero-order chi connectivity index (χ0) is 18.8. The van der Waals surface area contributed by atoms with Crippen molar-refractivity contribution in [3.05, 3.63) is 41.0 Å². The molecule has 2 aromatic heterocycles. The molecule has 0 saturated heterocycles. The summed E-state index contributed by atoms with van der Waals surface area (Å²) in [6.45, 7) is 4.60. The Morgan fingerprint density at radius 1 is 1.26 bits per heavy atom. The van der Waals surface area contributed by atoms with Crippen LogP contribution in [0.25, 0.3) is 0 Å². The molecule has 0 amide bonds. The number of aromatic nitrogens is 3. The predicted octanol–water partition coefficient (Wildman–Crippen LogP) is 2.49. The van der Waals surface area contributed by atoms with Crippen molar-refractivity contribution in [2.75, 3.05) is 11.6 Å². The van der Waals surface area contributed by atoms with Crippen LogP contribution in [-0.2, 0) is 12.0 Å². The minimum absolute atomic E-state index is 0.590. The normalized spacial score (nSPS) is 27.1. The van der Waals surface area contributed by atoms with E-state index in [1.54, 1.807) is 6.20 Å². The molecule has 27 heavy (non-hydrogen) atoms. The Kier molecular flexibility index (Phi) is 3.76. The van der Waals surface area contributed by atoms with Gasteiger partial charge in [0, 0.05) is 12.7 Å². The van der Waals surface area contributed by atoms with E-state index in [1.807, 2.05) is 29.9 Å². The number of aryl methyl sites for hydroxylation is 2. The average Bonchev–Trinajstić information content (AvgIpc) is 3.38. The molecule has 2 N–H and O–H groups in total. The van der Waals surface area contributed by atoms with E-state index in [-0.39, 0.29) is 0 Å². The third kappa shape index (κ3) is 2.64. The van der Waals surface area contributed by atoms with Gasteiger partial charge in [0.15, 0.2) is 12.0 Å². The summed E-state index contributed by atoms with van der Waals surface area (Å²) in [5, 5.41) is 25.7. The second kappa shape index (κ2) is 5.95. The third-order valence-electron chi connectivity index (χ3n) is 6.09. The van der Waals surface area contributed by atoms with Crippen LogP contribution in [0.3, 0.4) is 0 Å². The summed E-state index contributed by atoms with van der Waals surface area (Å²) in [7, 11) is 0. The number of pyridine rings is 1. The molecule has 1 fully saturated rings. The Morgan fingerprint density at radius 3 is 2.81 bits per heavy atom. The number of hydrazine groups is 1. The van der Waals surface area contributed by atoms with Gasteiger partial charge in [-0.25, -0.2) is 20.0 Å². The SMILES string of the molecule is CC[C@@]1(O)CCc2ccc(N3c4nc(C)ncc4C(O)N3CC3CC3)nc21. The minimum atomic E-state index is -0.866. The molecule has 0 aromatic carbocycles. The van der Waals surface area contributed by atoms with Gasteiger partial charge in [0.2, 0.25) is 0 Å². The first-order chi connectivity index (χ1) is 13.0. The Labute approximate surface area is 158 Å². The maximum Gasteiger partial charge on any atom is 0.160 e. The molecule has 3 heterocycles. The van der Waals surface area contributed by atoms with E-state index in [4.69, 9.17) is 4.98 Å². The van der Waals surface area contributed by atoms with Gasteiger partial charge >= 0.3 is 0 Å². The van der Waals surface area contributed by atoms with Gasteiger partial charge in [0.1, 0.15) is 17.2 Å². The molecule has 0 spiro atoms. The van der Waals surface area contributed by atoms with Crippen molar-refractivity contribution < 1.29 is 10.2 Å². The molecular weight excluding hydrogens is 342 g/mol. The summed E-state index contributed by atoms with van der Waals surface area (Å²) < 4.78 is 0. The number of fused-ring (bicyclic) bond motifs is 2. The van der Waals surface area contributed by atoms with Crippen LogP contribution in [0, 0.1) is 12.8 Å². The van der Waals surface area contributed by atoms with Gasteiger partial charge in [-0.15, -0.1) is 0 Å². The standard InChI is InChI=1S/C20H25N5O2/c1-3-20(27)9-8-14-6-7-16(23-17(14)20)25-18-15(10-21-12(2)22-18)19(26)24(25)11-13-4-5-13/h6-7,10,13,19,26-27H,3-5,8-9,11H2,1-2H3/t19?,20-/m1/s1. The lowest BCUT2D eigenvalue weighted by Crippen LogP contribution is -2.39. The number of hydrogen-bond donors (Lipinski definition) is 2. The monoisotopic (exact) mass is 367 g/mol. The molecule has 2 atom stereocenters. The first-order valence-electron chi connectivity index (χ1n) is 9.81. The lowest BCUT2D eigenvalue weighted by molar-refractivity contribution is 0.0124. The quantitative estimate of drug-likeness (QED) is 0.859. The van der Waals surface area contributed by atoms with Gasteiger partial charge in [-0.2, -0.15) is 5.01 Å². The maximum atomic E-state index is 11.0. The lowest BCUT2D eigenvalue weighted by Gasteiger charge is -2.31. The molecule has 0 radical (unpaired) electrons. The fraction of sp³-hybridized carbons (Fsp3) is 0.550. The first-order valence-corrected chi connectivity index (χ1v) is 9.81. The van der Waals surface area contributed by atoms with E-state index in [9.17, 15) is 10.2 Å². The molecule has 2 aliphatic carbocycles. The fourth-order valence-corrected chi connectivity index (χ4v) is 4.20. The summed E-state index contributed by atoms with van der Waals surface area (Å²) in [4.78, 5) is 13.7. The van der Waals surface area contributed by atoms with E-state index in [0.29, 0.717) is 41.8 Å². The smallest absolute Gasteiger partial charge is 0.160 e. The van der Waals surface area contributed by atoms with Crippen LogP contribution in [0.5, 0.6) is 0 Å². The topological polar surface area (TPSA) is 85.6 Å². The number of rotatable bonds is 4. The van der Waals surface area contributed by atoms with E-state index in [2.05, 4.69) is 16.0 Å². The van der Waals surface area contributed by atoms with E-state index < -0.39 is 11.8 Å². The molecule has 142 valence electrons. The van der Waals surface area contributed by atoms with E-state index in [1.165, 1.54) is 12.8 Å². The molecule has 7 heteroatoms. The van der Waals surface area contributed by atoms with Crippen LogP contribution in [-0.4, -0.2) is 36.7 Å². The van der Waals surface area contributed by atoms with Crippen molar-refractivity contribution in [2.45, 2.75) is 57.8 Å². The highest BCUT2D eigenvalue weighted by atomic mass is 16.3. The van der Waals surface area contributed by atoms with Gasteiger partial charge in [0.25, 0.3) is 0 Å². The highest BCUT2D eigenvalue weighted by Crippen LogP contribution is 2.45. The van der Waals surface area contributed by atoms with E-state index in [0.717, 1.165) is 24.2 Å².